The smallest absolute Gasteiger partial charge is 0.160 e. The lowest BCUT2D eigenvalue weighted by Crippen LogP contribution is -2.30. The van der Waals surface area contributed by atoms with Gasteiger partial charge < -0.3 is 19.7 Å². The van der Waals surface area contributed by atoms with Gasteiger partial charge in [0.05, 0.1) is 13.2 Å². The Kier molecular flexibility index (Phi) is 3.79. The van der Waals surface area contributed by atoms with Crippen LogP contribution in [0.25, 0.3) is 0 Å². The van der Waals surface area contributed by atoms with Crippen molar-refractivity contribution in [2.24, 2.45) is 0 Å². The van der Waals surface area contributed by atoms with Crippen molar-refractivity contribution in [3.05, 3.63) is 0 Å². The lowest BCUT2D eigenvalue weighted by atomic mass is 10.2. The summed E-state index contributed by atoms with van der Waals surface area (Å²) >= 11 is 0. The van der Waals surface area contributed by atoms with Gasteiger partial charge in [-0.25, -0.2) is 0 Å². The molecule has 0 saturated carbocycles. The van der Waals surface area contributed by atoms with Crippen molar-refractivity contribution < 1.29 is 19.7 Å². The molecular weight excluding hydrogens is 148 g/mol. The molecule has 1 aliphatic rings. The van der Waals surface area contributed by atoms with Crippen LogP contribution in [0.2, 0.25) is 0 Å². The lowest BCUT2D eigenvalue weighted by molar-refractivity contribution is -0.252. The molecule has 0 radical (unpaired) electrons. The minimum absolute atomic E-state index is 0.00401. The summed E-state index contributed by atoms with van der Waals surface area (Å²) < 4.78 is 10.1. The van der Waals surface area contributed by atoms with Crippen LogP contribution in [0, 0.1) is 0 Å². The second-order valence-electron chi connectivity index (χ2n) is 2.55. The van der Waals surface area contributed by atoms with Crippen molar-refractivity contribution in [1.82, 2.24) is 0 Å². The predicted octanol–water partition coefficient (Wildman–Crippen LogP) is -0.160. The first-order chi connectivity index (χ1) is 5.33. The van der Waals surface area contributed by atoms with Gasteiger partial charge in [0, 0.05) is 0 Å². The molecule has 0 aromatic heterocycles. The van der Waals surface area contributed by atoms with E-state index >= 15 is 0 Å². The summed E-state index contributed by atoms with van der Waals surface area (Å²) in [5.74, 6) is 0. The van der Waals surface area contributed by atoms with Gasteiger partial charge in [-0.3, -0.25) is 0 Å². The van der Waals surface area contributed by atoms with Crippen LogP contribution in [0.4, 0.5) is 0 Å². The molecule has 4 heteroatoms. The van der Waals surface area contributed by atoms with Crippen molar-refractivity contribution in [3.8, 4) is 0 Å². The first-order valence-electron chi connectivity index (χ1n) is 3.89. The number of aliphatic hydroxyl groups is 2. The monoisotopic (exact) mass is 162 g/mol. The van der Waals surface area contributed by atoms with Crippen LogP contribution in [0.1, 0.15) is 19.3 Å². The van der Waals surface area contributed by atoms with E-state index in [1.807, 2.05) is 0 Å². The summed E-state index contributed by atoms with van der Waals surface area (Å²) in [6, 6.07) is 0. The highest BCUT2D eigenvalue weighted by Crippen LogP contribution is 2.17. The highest BCUT2D eigenvalue weighted by molar-refractivity contribution is 4.56. The summed E-state index contributed by atoms with van der Waals surface area (Å²) in [7, 11) is 0. The van der Waals surface area contributed by atoms with Gasteiger partial charge in [0.15, 0.2) is 12.6 Å². The standard InChI is InChI=1S/C7H14O4/c8-4-5-10-7-3-1-2-6(9)11-7/h6-9H,1-5H2. The summed E-state index contributed by atoms with van der Waals surface area (Å²) in [5.41, 5.74) is 0. The predicted molar refractivity (Wildman–Crippen MR) is 37.8 cm³/mol. The van der Waals surface area contributed by atoms with Crippen molar-refractivity contribution in [1.29, 1.82) is 0 Å². The molecule has 0 aromatic carbocycles. The number of aliphatic hydroxyl groups excluding tert-OH is 2. The Morgan fingerprint density at radius 3 is 2.91 bits per heavy atom. The summed E-state index contributed by atoms with van der Waals surface area (Å²) in [6.45, 7) is 0.271. The van der Waals surface area contributed by atoms with E-state index in [1.54, 1.807) is 0 Å². The maximum absolute atomic E-state index is 9.01. The summed E-state index contributed by atoms with van der Waals surface area (Å²) in [5, 5.41) is 17.4. The fraction of sp³-hybridized carbons (Fsp3) is 1.00. The van der Waals surface area contributed by atoms with Gasteiger partial charge in [0.2, 0.25) is 0 Å². The molecule has 0 aliphatic carbocycles. The Balaban J connectivity index is 2.12. The first kappa shape index (κ1) is 8.93. The lowest BCUT2D eigenvalue weighted by Gasteiger charge is -2.26. The van der Waals surface area contributed by atoms with Gasteiger partial charge in [0.25, 0.3) is 0 Å². The molecule has 1 heterocycles. The highest BCUT2D eigenvalue weighted by Gasteiger charge is 2.20. The van der Waals surface area contributed by atoms with Gasteiger partial charge >= 0.3 is 0 Å². The molecule has 66 valence electrons. The van der Waals surface area contributed by atoms with Crippen LogP contribution in [0.3, 0.4) is 0 Å². The second-order valence-corrected chi connectivity index (χ2v) is 2.55. The molecule has 0 spiro atoms. The van der Waals surface area contributed by atoms with Crippen molar-refractivity contribution in [3.63, 3.8) is 0 Å². The third-order valence-corrected chi connectivity index (χ3v) is 1.59. The maximum Gasteiger partial charge on any atom is 0.160 e. The molecule has 1 saturated heterocycles. The van der Waals surface area contributed by atoms with Gasteiger partial charge in [0.1, 0.15) is 0 Å². The Labute approximate surface area is 65.7 Å². The third kappa shape index (κ3) is 3.16. The van der Waals surface area contributed by atoms with Crippen LogP contribution < -0.4 is 0 Å². The number of hydrogen-bond acceptors (Lipinski definition) is 4. The van der Waals surface area contributed by atoms with Crippen LogP contribution in [0.15, 0.2) is 0 Å². The molecule has 2 N–H and O–H groups in total. The molecule has 2 atom stereocenters. The molecule has 0 bridgehead atoms. The van der Waals surface area contributed by atoms with E-state index in [2.05, 4.69) is 0 Å². The molecular formula is C7H14O4. The largest absolute Gasteiger partial charge is 0.394 e. The molecule has 1 rings (SSSR count). The van der Waals surface area contributed by atoms with E-state index in [0.717, 1.165) is 12.8 Å². The molecule has 1 aliphatic heterocycles. The van der Waals surface area contributed by atoms with Crippen molar-refractivity contribution in [2.75, 3.05) is 13.2 Å². The number of ether oxygens (including phenoxy) is 2. The molecule has 4 nitrogen and oxygen atoms in total. The van der Waals surface area contributed by atoms with E-state index < -0.39 is 6.29 Å². The van der Waals surface area contributed by atoms with Gasteiger partial charge in [-0.2, -0.15) is 0 Å². The second kappa shape index (κ2) is 4.66. The average molecular weight is 162 g/mol. The zero-order valence-corrected chi connectivity index (χ0v) is 6.40. The van der Waals surface area contributed by atoms with Gasteiger partial charge in [-0.1, -0.05) is 0 Å². The Hall–Kier alpha value is -0.160. The molecule has 0 aromatic rings. The SMILES string of the molecule is OCCOC1CCCC(O)O1. The van der Waals surface area contributed by atoms with Crippen LogP contribution >= 0.6 is 0 Å². The fourth-order valence-corrected chi connectivity index (χ4v) is 1.08. The van der Waals surface area contributed by atoms with Crippen molar-refractivity contribution in [2.45, 2.75) is 31.8 Å². The first-order valence-corrected chi connectivity index (χ1v) is 3.89. The average Bonchev–Trinajstić information content (AvgIpc) is 2.01. The topological polar surface area (TPSA) is 58.9 Å². The fourth-order valence-electron chi connectivity index (χ4n) is 1.08. The third-order valence-electron chi connectivity index (χ3n) is 1.59. The highest BCUT2D eigenvalue weighted by atomic mass is 16.7. The zero-order chi connectivity index (χ0) is 8.10. The minimum atomic E-state index is -0.688. The molecule has 0 amide bonds. The van der Waals surface area contributed by atoms with E-state index in [0.29, 0.717) is 6.42 Å². The molecule has 11 heavy (non-hydrogen) atoms. The quantitative estimate of drug-likeness (QED) is 0.605. The zero-order valence-electron chi connectivity index (χ0n) is 6.40. The van der Waals surface area contributed by atoms with E-state index in [-0.39, 0.29) is 19.5 Å². The summed E-state index contributed by atoms with van der Waals surface area (Å²) in [6.07, 6.45) is 1.38. The maximum atomic E-state index is 9.01. The van der Waals surface area contributed by atoms with Crippen molar-refractivity contribution >= 4 is 0 Å². The van der Waals surface area contributed by atoms with Gasteiger partial charge in [-0.15, -0.1) is 0 Å². The number of rotatable bonds is 3. The van der Waals surface area contributed by atoms with Crippen LogP contribution in [-0.4, -0.2) is 36.0 Å². The normalized spacial score (nSPS) is 32.2. The molecule has 1 fully saturated rings. The van der Waals surface area contributed by atoms with Gasteiger partial charge in [-0.05, 0) is 19.3 Å². The molecule has 2 unspecified atom stereocenters. The van der Waals surface area contributed by atoms with E-state index in [4.69, 9.17) is 19.7 Å². The Morgan fingerprint density at radius 1 is 1.45 bits per heavy atom. The Morgan fingerprint density at radius 2 is 2.27 bits per heavy atom. The Bertz CT molecular complexity index is 107. The van der Waals surface area contributed by atoms with Crippen LogP contribution in [-0.2, 0) is 9.47 Å². The number of hydrogen-bond donors (Lipinski definition) is 2. The van der Waals surface area contributed by atoms with Crippen LogP contribution in [0.5, 0.6) is 0 Å². The minimum Gasteiger partial charge on any atom is -0.394 e. The van der Waals surface area contributed by atoms with E-state index in [9.17, 15) is 0 Å². The summed E-state index contributed by atoms with van der Waals surface area (Å²) in [4.78, 5) is 0. The van der Waals surface area contributed by atoms with E-state index in [1.165, 1.54) is 0 Å².